The van der Waals surface area contributed by atoms with Crippen LogP contribution in [0.1, 0.15) is 35.2 Å². The van der Waals surface area contributed by atoms with Gasteiger partial charge in [-0.15, -0.1) is 0 Å². The number of halogens is 1. The van der Waals surface area contributed by atoms with Crippen molar-refractivity contribution in [2.24, 2.45) is 5.92 Å². The summed E-state index contributed by atoms with van der Waals surface area (Å²) in [6.45, 7) is 5.60. The first kappa shape index (κ1) is 22.1. The molecular weight excluding hydrogens is 434 g/mol. The summed E-state index contributed by atoms with van der Waals surface area (Å²) in [6, 6.07) is 12.2. The van der Waals surface area contributed by atoms with Crippen molar-refractivity contribution >= 4 is 33.2 Å². The first-order valence-electron chi connectivity index (χ1n) is 10.7. The molecule has 31 heavy (non-hydrogen) atoms. The summed E-state index contributed by atoms with van der Waals surface area (Å²) in [6.07, 6.45) is 2.80. The molecule has 166 valence electrons. The Morgan fingerprint density at radius 2 is 1.81 bits per heavy atom. The van der Waals surface area contributed by atoms with Gasteiger partial charge in [0.25, 0.3) is 5.91 Å². The van der Waals surface area contributed by atoms with Crippen LogP contribution in [0.5, 0.6) is 0 Å². The number of carbonyl (C=O) groups excluding carboxylic acids is 1. The Morgan fingerprint density at radius 3 is 2.52 bits per heavy atom. The number of anilines is 1. The minimum absolute atomic E-state index is 0.178. The zero-order valence-corrected chi connectivity index (χ0v) is 19.3. The van der Waals surface area contributed by atoms with Crippen LogP contribution in [-0.2, 0) is 10.0 Å². The molecule has 2 heterocycles. The first-order valence-corrected chi connectivity index (χ1v) is 12.6. The molecule has 4 rings (SSSR count). The maximum Gasteiger partial charge on any atom is 0.251 e. The predicted molar refractivity (Wildman–Crippen MR) is 123 cm³/mol. The molecule has 0 bridgehead atoms. The third kappa shape index (κ3) is 4.89. The van der Waals surface area contributed by atoms with Gasteiger partial charge >= 0.3 is 0 Å². The van der Waals surface area contributed by atoms with Crippen LogP contribution in [0.15, 0.2) is 47.4 Å². The van der Waals surface area contributed by atoms with Gasteiger partial charge in [0, 0.05) is 49.0 Å². The lowest BCUT2D eigenvalue weighted by Gasteiger charge is -2.21. The van der Waals surface area contributed by atoms with Crippen molar-refractivity contribution in [3.8, 4) is 0 Å². The Hall–Kier alpha value is -2.09. The second-order valence-corrected chi connectivity index (χ2v) is 10.8. The van der Waals surface area contributed by atoms with Gasteiger partial charge in [-0.1, -0.05) is 17.7 Å². The number of nitrogens with zero attached hydrogens (tertiary/aromatic N) is 2. The van der Waals surface area contributed by atoms with Crippen molar-refractivity contribution in [2.75, 3.05) is 37.6 Å². The van der Waals surface area contributed by atoms with Crippen molar-refractivity contribution in [2.45, 2.75) is 31.1 Å². The van der Waals surface area contributed by atoms with E-state index in [2.05, 4.69) is 17.1 Å². The highest BCUT2D eigenvalue weighted by Crippen LogP contribution is 2.29. The van der Waals surface area contributed by atoms with Gasteiger partial charge in [-0.25, -0.2) is 8.42 Å². The number of rotatable bonds is 6. The molecule has 6 nitrogen and oxygen atoms in total. The second kappa shape index (κ2) is 9.18. The third-order valence-electron chi connectivity index (χ3n) is 6.17. The molecule has 2 aromatic rings. The van der Waals surface area contributed by atoms with Crippen LogP contribution < -0.4 is 10.2 Å². The van der Waals surface area contributed by atoms with Crippen LogP contribution >= 0.6 is 11.6 Å². The number of aryl methyl sites for hydroxylation is 1. The summed E-state index contributed by atoms with van der Waals surface area (Å²) in [5, 5.41) is 3.73. The average molecular weight is 462 g/mol. The standard InChI is InChI=1S/C23H28ClN3O3S/c1-17-4-7-20(24)14-22(17)26-13-10-18(16-26)15-25-23(28)19-5-8-21(9-6-19)31(29,30)27-11-2-3-12-27/h4-9,14,18H,2-3,10-13,15-16H2,1H3,(H,25,28). The van der Waals surface area contributed by atoms with Gasteiger partial charge in [0.1, 0.15) is 0 Å². The molecule has 0 saturated carbocycles. The van der Waals surface area contributed by atoms with E-state index in [0.29, 0.717) is 31.1 Å². The summed E-state index contributed by atoms with van der Waals surface area (Å²) >= 11 is 6.15. The van der Waals surface area contributed by atoms with E-state index in [1.807, 2.05) is 18.2 Å². The minimum atomic E-state index is -3.46. The summed E-state index contributed by atoms with van der Waals surface area (Å²) < 4.78 is 26.8. The van der Waals surface area contributed by atoms with Crippen molar-refractivity contribution < 1.29 is 13.2 Å². The molecule has 2 aromatic carbocycles. The van der Waals surface area contributed by atoms with Gasteiger partial charge in [-0.2, -0.15) is 4.31 Å². The monoisotopic (exact) mass is 461 g/mol. The average Bonchev–Trinajstić information content (AvgIpc) is 3.46. The third-order valence-corrected chi connectivity index (χ3v) is 8.32. The molecule has 1 N–H and O–H groups in total. The summed E-state index contributed by atoms with van der Waals surface area (Å²) in [5.74, 6) is 0.180. The fourth-order valence-electron chi connectivity index (χ4n) is 4.34. The zero-order valence-electron chi connectivity index (χ0n) is 17.7. The summed E-state index contributed by atoms with van der Waals surface area (Å²) in [5.41, 5.74) is 2.81. The first-order chi connectivity index (χ1) is 14.8. The topological polar surface area (TPSA) is 69.7 Å². The van der Waals surface area contributed by atoms with Crippen molar-refractivity contribution in [3.63, 3.8) is 0 Å². The summed E-state index contributed by atoms with van der Waals surface area (Å²) in [4.78, 5) is 15.1. The van der Waals surface area contributed by atoms with E-state index in [4.69, 9.17) is 11.6 Å². The van der Waals surface area contributed by atoms with Crippen molar-refractivity contribution in [1.29, 1.82) is 0 Å². The highest BCUT2D eigenvalue weighted by atomic mass is 35.5. The normalized spacial score (nSPS) is 19.7. The Kier molecular flexibility index (Phi) is 6.55. The molecule has 1 amide bonds. The molecule has 2 aliphatic heterocycles. The molecule has 2 saturated heterocycles. The molecule has 0 aliphatic carbocycles. The van der Waals surface area contributed by atoms with Gasteiger partial charge in [0.15, 0.2) is 0 Å². The van der Waals surface area contributed by atoms with Gasteiger partial charge in [0.05, 0.1) is 4.90 Å². The van der Waals surface area contributed by atoms with Crippen LogP contribution in [-0.4, -0.2) is 51.4 Å². The molecule has 1 atom stereocenters. The Morgan fingerprint density at radius 1 is 1.10 bits per heavy atom. The highest BCUT2D eigenvalue weighted by Gasteiger charge is 2.27. The lowest BCUT2D eigenvalue weighted by atomic mass is 10.1. The van der Waals surface area contributed by atoms with E-state index in [1.54, 1.807) is 12.1 Å². The van der Waals surface area contributed by atoms with Gasteiger partial charge in [-0.05, 0) is 74.1 Å². The molecule has 0 radical (unpaired) electrons. The number of hydrogen-bond acceptors (Lipinski definition) is 4. The Balaban J connectivity index is 1.32. The van der Waals surface area contributed by atoms with Gasteiger partial charge in [-0.3, -0.25) is 4.79 Å². The van der Waals surface area contributed by atoms with Crippen LogP contribution in [0.25, 0.3) is 0 Å². The van der Waals surface area contributed by atoms with Crippen molar-refractivity contribution in [1.82, 2.24) is 9.62 Å². The number of amides is 1. The molecule has 8 heteroatoms. The van der Waals surface area contributed by atoms with Gasteiger partial charge in [0.2, 0.25) is 10.0 Å². The Bertz CT molecular complexity index is 1050. The number of hydrogen-bond donors (Lipinski definition) is 1. The lowest BCUT2D eigenvalue weighted by Crippen LogP contribution is -2.31. The van der Waals surface area contributed by atoms with Crippen LogP contribution in [0.4, 0.5) is 5.69 Å². The SMILES string of the molecule is Cc1ccc(Cl)cc1N1CCC(CNC(=O)c2ccc(S(=O)(=O)N3CCCC3)cc2)C1. The fraction of sp³-hybridized carbons (Fsp3) is 0.435. The molecule has 0 spiro atoms. The van der Waals surface area contributed by atoms with E-state index in [9.17, 15) is 13.2 Å². The smallest absolute Gasteiger partial charge is 0.251 e. The zero-order chi connectivity index (χ0) is 22.0. The van der Waals surface area contributed by atoms with E-state index >= 15 is 0 Å². The van der Waals surface area contributed by atoms with E-state index < -0.39 is 10.0 Å². The minimum Gasteiger partial charge on any atom is -0.371 e. The Labute approximate surface area is 189 Å². The van der Waals surface area contributed by atoms with Crippen LogP contribution in [0.3, 0.4) is 0 Å². The lowest BCUT2D eigenvalue weighted by molar-refractivity contribution is 0.0948. The molecule has 1 unspecified atom stereocenters. The van der Waals surface area contributed by atoms with Crippen LogP contribution in [0, 0.1) is 12.8 Å². The maximum absolute atomic E-state index is 12.6. The predicted octanol–water partition coefficient (Wildman–Crippen LogP) is 3.69. The highest BCUT2D eigenvalue weighted by molar-refractivity contribution is 7.89. The molecule has 2 aliphatic rings. The quantitative estimate of drug-likeness (QED) is 0.712. The number of nitrogens with one attached hydrogen (secondary N) is 1. The number of carbonyl (C=O) groups is 1. The molecular formula is C23H28ClN3O3S. The van der Waals surface area contributed by atoms with Crippen LogP contribution in [0.2, 0.25) is 5.02 Å². The van der Waals surface area contributed by atoms with E-state index in [-0.39, 0.29) is 10.8 Å². The number of sulfonamides is 1. The maximum atomic E-state index is 12.6. The largest absolute Gasteiger partial charge is 0.371 e. The summed E-state index contributed by atoms with van der Waals surface area (Å²) in [7, 11) is -3.46. The van der Waals surface area contributed by atoms with E-state index in [0.717, 1.165) is 43.1 Å². The van der Waals surface area contributed by atoms with Crippen molar-refractivity contribution in [3.05, 3.63) is 58.6 Å². The fourth-order valence-corrected chi connectivity index (χ4v) is 6.02. The number of benzene rings is 2. The van der Waals surface area contributed by atoms with E-state index in [1.165, 1.54) is 22.0 Å². The van der Waals surface area contributed by atoms with Gasteiger partial charge < -0.3 is 10.2 Å². The second-order valence-electron chi connectivity index (χ2n) is 8.38. The molecule has 2 fully saturated rings. The molecule has 0 aromatic heterocycles.